The summed E-state index contributed by atoms with van der Waals surface area (Å²) >= 11 is 5.83. The van der Waals surface area contributed by atoms with Crippen LogP contribution in [0.3, 0.4) is 0 Å². The fourth-order valence-corrected chi connectivity index (χ4v) is 2.74. The first-order valence-corrected chi connectivity index (χ1v) is 8.45. The summed E-state index contributed by atoms with van der Waals surface area (Å²) in [4.78, 5) is 12.0. The Bertz CT molecular complexity index is 703. The lowest BCUT2D eigenvalue weighted by Crippen LogP contribution is -2.24. The average molecular weight is 346 g/mol. The van der Waals surface area contributed by atoms with Crippen LogP contribution in [0.15, 0.2) is 42.7 Å². The molecule has 6 heteroatoms. The van der Waals surface area contributed by atoms with Crippen LogP contribution in [-0.2, 0) is 16.1 Å². The molecule has 2 aromatic rings. The molecule has 1 fully saturated rings. The van der Waals surface area contributed by atoms with Crippen LogP contribution in [0.25, 0.3) is 6.08 Å². The van der Waals surface area contributed by atoms with Crippen LogP contribution in [-0.4, -0.2) is 28.4 Å². The van der Waals surface area contributed by atoms with Gasteiger partial charge in [-0.1, -0.05) is 23.7 Å². The van der Waals surface area contributed by atoms with E-state index in [9.17, 15) is 4.79 Å². The lowest BCUT2D eigenvalue weighted by molar-refractivity contribution is -0.111. The molecule has 1 aromatic carbocycles. The number of hydrogen-bond acceptors (Lipinski definition) is 3. The van der Waals surface area contributed by atoms with Crippen molar-refractivity contribution < 1.29 is 9.53 Å². The van der Waals surface area contributed by atoms with Gasteiger partial charge in [-0.15, -0.1) is 0 Å². The molecule has 0 aliphatic carbocycles. The van der Waals surface area contributed by atoms with E-state index in [1.54, 1.807) is 24.4 Å². The second-order valence-electron chi connectivity index (χ2n) is 5.81. The molecule has 5 nitrogen and oxygen atoms in total. The number of hydrogen-bond donors (Lipinski definition) is 1. The summed E-state index contributed by atoms with van der Waals surface area (Å²) in [5.74, 6) is -0.196. The van der Waals surface area contributed by atoms with Crippen LogP contribution in [0.4, 0.5) is 5.69 Å². The number of amides is 1. The molecule has 1 aliphatic heterocycles. The van der Waals surface area contributed by atoms with E-state index in [2.05, 4.69) is 10.4 Å². The highest BCUT2D eigenvalue weighted by Crippen LogP contribution is 2.15. The summed E-state index contributed by atoms with van der Waals surface area (Å²) < 4.78 is 7.51. The Kier molecular flexibility index (Phi) is 5.67. The van der Waals surface area contributed by atoms with E-state index in [1.807, 2.05) is 23.0 Å². The maximum absolute atomic E-state index is 12.0. The van der Waals surface area contributed by atoms with E-state index in [1.165, 1.54) is 12.5 Å². The van der Waals surface area contributed by atoms with Crippen LogP contribution in [0.2, 0.25) is 5.02 Å². The summed E-state index contributed by atoms with van der Waals surface area (Å²) in [6, 6.07) is 7.29. The molecular weight excluding hydrogens is 326 g/mol. The third-order valence-corrected chi connectivity index (χ3v) is 4.11. The first-order valence-electron chi connectivity index (χ1n) is 8.08. The van der Waals surface area contributed by atoms with Crippen molar-refractivity contribution in [2.24, 2.45) is 0 Å². The summed E-state index contributed by atoms with van der Waals surface area (Å²) in [6.45, 7) is 1.54. The minimum atomic E-state index is -0.196. The van der Waals surface area contributed by atoms with Gasteiger partial charge >= 0.3 is 0 Å². The number of ether oxygens (including phenoxy) is 1. The third-order valence-electron chi connectivity index (χ3n) is 3.86. The highest BCUT2D eigenvalue weighted by Gasteiger charge is 2.14. The second kappa shape index (κ2) is 8.13. The number of aromatic nitrogens is 2. The zero-order valence-electron chi connectivity index (χ0n) is 13.3. The van der Waals surface area contributed by atoms with Gasteiger partial charge in [-0.05, 0) is 43.0 Å². The van der Waals surface area contributed by atoms with Crippen LogP contribution >= 0.6 is 11.6 Å². The number of anilines is 1. The SMILES string of the molecule is O=C(/C=C/c1ccc(Cl)cc1)Nc1cnn(CC2CCCCO2)c1. The van der Waals surface area contributed by atoms with Crippen LogP contribution in [0.1, 0.15) is 24.8 Å². The maximum atomic E-state index is 12.0. The van der Waals surface area contributed by atoms with Crippen LogP contribution in [0, 0.1) is 0 Å². The van der Waals surface area contributed by atoms with E-state index in [0.717, 1.165) is 31.6 Å². The number of nitrogens with zero attached hydrogens (tertiary/aromatic N) is 2. The molecule has 1 aromatic heterocycles. The molecule has 1 amide bonds. The molecule has 2 heterocycles. The van der Waals surface area contributed by atoms with E-state index in [0.29, 0.717) is 10.7 Å². The Morgan fingerprint density at radius 3 is 2.96 bits per heavy atom. The van der Waals surface area contributed by atoms with Crippen LogP contribution < -0.4 is 5.32 Å². The van der Waals surface area contributed by atoms with Gasteiger partial charge in [0.1, 0.15) is 0 Å². The zero-order valence-corrected chi connectivity index (χ0v) is 14.1. The van der Waals surface area contributed by atoms with Crippen LogP contribution in [0.5, 0.6) is 0 Å². The molecule has 1 unspecified atom stereocenters. The first-order chi connectivity index (χ1) is 11.7. The molecule has 1 saturated heterocycles. The Morgan fingerprint density at radius 2 is 2.21 bits per heavy atom. The van der Waals surface area contributed by atoms with Gasteiger partial charge in [0.05, 0.1) is 24.5 Å². The predicted octanol–water partition coefficient (Wildman–Crippen LogP) is 3.76. The monoisotopic (exact) mass is 345 g/mol. The van der Waals surface area contributed by atoms with Gasteiger partial charge in [0.15, 0.2) is 0 Å². The number of nitrogens with one attached hydrogen (secondary N) is 1. The van der Waals surface area contributed by atoms with Gasteiger partial charge in [0, 0.05) is 23.9 Å². The van der Waals surface area contributed by atoms with E-state index < -0.39 is 0 Å². The number of halogens is 1. The molecule has 0 spiro atoms. The van der Waals surface area contributed by atoms with Crippen molar-refractivity contribution in [1.82, 2.24) is 9.78 Å². The maximum Gasteiger partial charge on any atom is 0.248 e. The smallest absolute Gasteiger partial charge is 0.248 e. The molecule has 3 rings (SSSR count). The quantitative estimate of drug-likeness (QED) is 0.839. The van der Waals surface area contributed by atoms with E-state index >= 15 is 0 Å². The van der Waals surface area contributed by atoms with Crippen molar-refractivity contribution in [2.45, 2.75) is 31.9 Å². The first kappa shape index (κ1) is 16.7. The van der Waals surface area contributed by atoms with E-state index in [4.69, 9.17) is 16.3 Å². The minimum Gasteiger partial charge on any atom is -0.376 e. The highest BCUT2D eigenvalue weighted by molar-refractivity contribution is 6.30. The topological polar surface area (TPSA) is 56.2 Å². The molecule has 126 valence electrons. The molecule has 0 radical (unpaired) electrons. The predicted molar refractivity (Wildman–Crippen MR) is 94.9 cm³/mol. The number of rotatable bonds is 5. The summed E-state index contributed by atoms with van der Waals surface area (Å²) in [5, 5.41) is 7.75. The molecule has 1 atom stereocenters. The van der Waals surface area contributed by atoms with Gasteiger partial charge in [-0.2, -0.15) is 5.10 Å². The normalized spacial score (nSPS) is 18.0. The van der Waals surface area contributed by atoms with Gasteiger partial charge in [-0.25, -0.2) is 0 Å². The largest absolute Gasteiger partial charge is 0.376 e. The lowest BCUT2D eigenvalue weighted by atomic mass is 10.1. The Labute approximate surface area is 146 Å². The lowest BCUT2D eigenvalue weighted by Gasteiger charge is -2.22. The summed E-state index contributed by atoms with van der Waals surface area (Å²) in [6.07, 6.45) is 10.3. The van der Waals surface area contributed by atoms with Gasteiger partial charge in [0.25, 0.3) is 0 Å². The summed E-state index contributed by atoms with van der Waals surface area (Å²) in [7, 11) is 0. The fourth-order valence-electron chi connectivity index (χ4n) is 2.62. The van der Waals surface area contributed by atoms with Crippen molar-refractivity contribution in [3.8, 4) is 0 Å². The number of carbonyl (C=O) groups is 1. The van der Waals surface area contributed by atoms with Crippen molar-refractivity contribution in [1.29, 1.82) is 0 Å². The van der Waals surface area contributed by atoms with E-state index in [-0.39, 0.29) is 12.0 Å². The Hall–Kier alpha value is -2.11. The molecule has 1 aliphatic rings. The fraction of sp³-hybridized carbons (Fsp3) is 0.333. The number of benzene rings is 1. The van der Waals surface area contributed by atoms with Crippen molar-refractivity contribution >= 4 is 29.3 Å². The zero-order chi connectivity index (χ0) is 16.8. The number of carbonyl (C=O) groups excluding carboxylic acids is 1. The molecule has 0 saturated carbocycles. The molecular formula is C18H20ClN3O2. The minimum absolute atomic E-state index is 0.196. The highest BCUT2D eigenvalue weighted by atomic mass is 35.5. The van der Waals surface area contributed by atoms with Crippen molar-refractivity contribution in [3.63, 3.8) is 0 Å². The Balaban J connectivity index is 1.52. The Morgan fingerprint density at radius 1 is 1.38 bits per heavy atom. The van der Waals surface area contributed by atoms with Crippen molar-refractivity contribution in [3.05, 3.63) is 53.3 Å². The van der Waals surface area contributed by atoms with Gasteiger partial charge in [-0.3, -0.25) is 9.48 Å². The summed E-state index contributed by atoms with van der Waals surface area (Å²) in [5.41, 5.74) is 1.59. The van der Waals surface area contributed by atoms with Gasteiger partial charge < -0.3 is 10.1 Å². The molecule has 0 bridgehead atoms. The molecule has 1 N–H and O–H groups in total. The molecule has 24 heavy (non-hydrogen) atoms. The third kappa shape index (κ3) is 4.94. The van der Waals surface area contributed by atoms with Gasteiger partial charge in [0.2, 0.25) is 5.91 Å². The average Bonchev–Trinajstić information content (AvgIpc) is 3.02. The van der Waals surface area contributed by atoms with Crippen molar-refractivity contribution in [2.75, 3.05) is 11.9 Å². The second-order valence-corrected chi connectivity index (χ2v) is 6.25. The standard InChI is InChI=1S/C18H20ClN3O2/c19-15-7-4-14(5-8-15)6-9-18(23)21-16-11-20-22(12-16)13-17-3-1-2-10-24-17/h4-9,11-12,17H,1-3,10,13H2,(H,21,23)/b9-6+.